The molecule has 30 heavy (non-hydrogen) atoms. The van der Waals surface area contributed by atoms with Gasteiger partial charge in [-0.1, -0.05) is 0 Å². The monoisotopic (exact) mass is 416 g/mol. The highest BCUT2D eigenvalue weighted by Crippen LogP contribution is 2.41. The molecule has 1 saturated heterocycles. The molecular weight excluding hydrogens is 398 g/mol. The van der Waals surface area contributed by atoms with Gasteiger partial charge in [-0.25, -0.2) is 23.5 Å². The average molecular weight is 416 g/mol. The van der Waals surface area contributed by atoms with Crippen LogP contribution < -0.4 is 10.1 Å². The number of nitrogens with zero attached hydrogens (tertiary/aromatic N) is 3. The number of nitrogens with one attached hydrogen (secondary N) is 1. The van der Waals surface area contributed by atoms with Crippen molar-refractivity contribution < 1.29 is 27.9 Å². The quantitative estimate of drug-likeness (QED) is 0.594. The topological polar surface area (TPSA) is 101 Å². The molecule has 2 aromatic rings. The van der Waals surface area contributed by atoms with E-state index in [1.54, 1.807) is 12.1 Å². The Bertz CT molecular complexity index is 972. The van der Waals surface area contributed by atoms with Crippen LogP contribution in [0.2, 0.25) is 0 Å². The van der Waals surface area contributed by atoms with Gasteiger partial charge in [-0.3, -0.25) is 14.5 Å². The molecule has 1 saturated carbocycles. The van der Waals surface area contributed by atoms with Crippen LogP contribution in [0.1, 0.15) is 36.0 Å². The maximum atomic E-state index is 13.5. The van der Waals surface area contributed by atoms with Crippen molar-refractivity contribution in [3.63, 3.8) is 0 Å². The van der Waals surface area contributed by atoms with Gasteiger partial charge in [-0.2, -0.15) is 0 Å². The first-order valence-corrected chi connectivity index (χ1v) is 9.36. The van der Waals surface area contributed by atoms with E-state index in [0.29, 0.717) is 11.5 Å². The van der Waals surface area contributed by atoms with Crippen LogP contribution in [-0.4, -0.2) is 50.6 Å². The number of halogens is 2. The molecule has 0 radical (unpaired) electrons. The van der Waals surface area contributed by atoms with Gasteiger partial charge >= 0.3 is 6.03 Å². The molecule has 0 unspecified atom stereocenters. The number of amides is 3. The van der Waals surface area contributed by atoms with Crippen LogP contribution in [-0.2, 0) is 4.79 Å². The minimum atomic E-state index is -2.84. The lowest BCUT2D eigenvalue weighted by atomic mass is 9.80. The number of carbonyl (C=O) groups excluding carboxylic acids is 3. The summed E-state index contributed by atoms with van der Waals surface area (Å²) in [6.07, 6.45) is 3.09. The number of ketones is 1. The van der Waals surface area contributed by atoms with E-state index in [9.17, 15) is 23.2 Å². The predicted octanol–water partition coefficient (Wildman–Crippen LogP) is 2.95. The van der Waals surface area contributed by atoms with Crippen LogP contribution in [0.5, 0.6) is 11.5 Å². The molecule has 2 heterocycles. The van der Waals surface area contributed by atoms with Gasteiger partial charge in [0.2, 0.25) is 5.92 Å². The molecule has 8 nitrogen and oxygen atoms in total. The zero-order chi connectivity index (χ0) is 21.4. The van der Waals surface area contributed by atoms with Gasteiger partial charge in [0.05, 0.1) is 18.9 Å². The van der Waals surface area contributed by atoms with E-state index in [0.717, 1.165) is 4.90 Å². The number of imide groups is 1. The van der Waals surface area contributed by atoms with Gasteiger partial charge in [-0.05, 0) is 37.1 Å². The van der Waals surface area contributed by atoms with Crippen molar-refractivity contribution in [2.24, 2.45) is 0 Å². The lowest BCUT2D eigenvalue weighted by Crippen LogP contribution is -2.51. The summed E-state index contributed by atoms with van der Waals surface area (Å²) in [5.41, 5.74) is -1.06. The Kier molecular flexibility index (Phi) is 4.92. The van der Waals surface area contributed by atoms with Gasteiger partial charge < -0.3 is 10.1 Å². The van der Waals surface area contributed by atoms with Crippen LogP contribution in [0.3, 0.4) is 0 Å². The highest BCUT2D eigenvalue weighted by molar-refractivity contribution is 6.11. The molecular formula is C20H18F2N4O4. The Morgan fingerprint density at radius 1 is 1.03 bits per heavy atom. The highest BCUT2D eigenvalue weighted by atomic mass is 19.3. The van der Waals surface area contributed by atoms with Crippen LogP contribution in [0.4, 0.5) is 13.6 Å². The fourth-order valence-electron chi connectivity index (χ4n) is 3.62. The first-order valence-electron chi connectivity index (χ1n) is 9.36. The molecule has 1 spiro atoms. The summed E-state index contributed by atoms with van der Waals surface area (Å²) in [4.78, 5) is 46.1. The van der Waals surface area contributed by atoms with Gasteiger partial charge in [0.15, 0.2) is 11.5 Å². The van der Waals surface area contributed by atoms with Crippen LogP contribution in [0.25, 0.3) is 0 Å². The van der Waals surface area contributed by atoms with E-state index in [2.05, 4.69) is 15.3 Å². The lowest BCUT2D eigenvalue weighted by Gasteiger charge is -2.34. The molecule has 0 bridgehead atoms. The molecule has 4 rings (SSSR count). The van der Waals surface area contributed by atoms with E-state index < -0.39 is 48.6 Å². The second-order valence-corrected chi connectivity index (χ2v) is 7.38. The van der Waals surface area contributed by atoms with Crippen molar-refractivity contribution in [1.29, 1.82) is 0 Å². The van der Waals surface area contributed by atoms with Crippen LogP contribution in [0.15, 0.2) is 43.0 Å². The minimum absolute atomic E-state index is 0.148. The summed E-state index contributed by atoms with van der Waals surface area (Å²) in [5.74, 6) is -3.03. The zero-order valence-corrected chi connectivity index (χ0v) is 15.8. The van der Waals surface area contributed by atoms with Crippen molar-refractivity contribution in [1.82, 2.24) is 20.2 Å². The van der Waals surface area contributed by atoms with Crippen molar-refractivity contribution in [3.05, 3.63) is 48.5 Å². The lowest BCUT2D eigenvalue weighted by molar-refractivity contribution is -0.135. The number of ether oxygens (including phenoxy) is 1. The fraction of sp³-hybridized carbons (Fsp3) is 0.350. The molecule has 2 fully saturated rings. The van der Waals surface area contributed by atoms with Gasteiger partial charge in [-0.15, -0.1) is 0 Å². The SMILES string of the molecule is O=C(CN1C(=O)NC2(CCC(F)(F)CC2)C1=O)c1ccc(Oc2cncnc2)cc1. The molecule has 1 aliphatic carbocycles. The average Bonchev–Trinajstić information content (AvgIpc) is 2.96. The van der Waals surface area contributed by atoms with Crippen LogP contribution >= 0.6 is 0 Å². The maximum absolute atomic E-state index is 13.5. The molecule has 1 aromatic carbocycles. The predicted molar refractivity (Wildman–Crippen MR) is 99.3 cm³/mol. The third-order valence-corrected chi connectivity index (χ3v) is 5.33. The number of urea groups is 1. The van der Waals surface area contributed by atoms with Gasteiger partial charge in [0.25, 0.3) is 5.91 Å². The molecule has 1 aromatic heterocycles. The number of carbonyl (C=O) groups is 3. The van der Waals surface area contributed by atoms with Crippen molar-refractivity contribution in [2.75, 3.05) is 6.54 Å². The van der Waals surface area contributed by atoms with E-state index in [4.69, 9.17) is 4.74 Å². The number of Topliss-reactive ketones (excluding diaryl/α,β-unsaturated/α-hetero) is 1. The molecule has 1 N–H and O–H groups in total. The third kappa shape index (κ3) is 3.85. The second-order valence-electron chi connectivity index (χ2n) is 7.38. The Morgan fingerprint density at radius 3 is 2.30 bits per heavy atom. The number of hydrogen-bond donors (Lipinski definition) is 1. The summed E-state index contributed by atoms with van der Waals surface area (Å²) in [7, 11) is 0. The Balaban J connectivity index is 1.41. The summed E-state index contributed by atoms with van der Waals surface area (Å²) in [6.45, 7) is -0.463. The van der Waals surface area contributed by atoms with Gasteiger partial charge in [0, 0.05) is 18.4 Å². The van der Waals surface area contributed by atoms with Crippen molar-refractivity contribution >= 4 is 17.7 Å². The summed E-state index contributed by atoms with van der Waals surface area (Å²) >= 11 is 0. The number of aromatic nitrogens is 2. The van der Waals surface area contributed by atoms with E-state index in [-0.39, 0.29) is 18.4 Å². The smallest absolute Gasteiger partial charge is 0.325 e. The summed E-state index contributed by atoms with van der Waals surface area (Å²) in [6, 6.07) is 5.42. The molecule has 156 valence electrons. The minimum Gasteiger partial charge on any atom is -0.454 e. The normalized spacial score (nSPS) is 19.6. The Hall–Kier alpha value is -3.43. The van der Waals surface area contributed by atoms with E-state index >= 15 is 0 Å². The van der Waals surface area contributed by atoms with Crippen LogP contribution in [0, 0.1) is 0 Å². The van der Waals surface area contributed by atoms with Gasteiger partial charge in [0.1, 0.15) is 17.6 Å². The highest BCUT2D eigenvalue weighted by Gasteiger charge is 2.55. The molecule has 1 aliphatic heterocycles. The number of hydrogen-bond acceptors (Lipinski definition) is 6. The molecule has 0 atom stereocenters. The van der Waals surface area contributed by atoms with Crippen molar-refractivity contribution in [3.8, 4) is 11.5 Å². The summed E-state index contributed by atoms with van der Waals surface area (Å²) < 4.78 is 32.5. The van der Waals surface area contributed by atoms with E-state index in [1.807, 2.05) is 0 Å². The maximum Gasteiger partial charge on any atom is 0.325 e. The Labute approximate surface area is 170 Å². The van der Waals surface area contributed by atoms with Crippen molar-refractivity contribution in [2.45, 2.75) is 37.1 Å². The Morgan fingerprint density at radius 2 is 1.67 bits per heavy atom. The molecule has 2 aliphatic rings. The number of alkyl halides is 2. The standard InChI is InChI=1S/C20H18F2N4O4/c21-20(22)7-5-19(6-8-20)17(28)26(18(29)25-19)11-16(27)13-1-3-14(4-2-13)30-15-9-23-12-24-10-15/h1-4,9-10,12H,5-8,11H2,(H,25,29). The first-order chi connectivity index (χ1) is 14.3. The largest absolute Gasteiger partial charge is 0.454 e. The summed E-state index contributed by atoms with van der Waals surface area (Å²) in [5, 5.41) is 2.52. The fourth-order valence-corrected chi connectivity index (χ4v) is 3.62. The third-order valence-electron chi connectivity index (χ3n) is 5.33. The first kappa shape index (κ1) is 19.9. The molecule has 10 heteroatoms. The number of benzene rings is 1. The second kappa shape index (κ2) is 7.43. The van der Waals surface area contributed by atoms with E-state index in [1.165, 1.54) is 30.9 Å². The molecule has 3 amide bonds. The number of rotatable bonds is 5. The zero-order valence-electron chi connectivity index (χ0n) is 15.8.